The summed E-state index contributed by atoms with van der Waals surface area (Å²) < 4.78 is 1.16. The summed E-state index contributed by atoms with van der Waals surface area (Å²) in [5.74, 6) is -0.573. The monoisotopic (exact) mass is 227 g/mol. The highest BCUT2D eigenvalue weighted by Crippen LogP contribution is 2.16. The van der Waals surface area contributed by atoms with Gasteiger partial charge in [-0.15, -0.1) is 5.10 Å². The summed E-state index contributed by atoms with van der Waals surface area (Å²) in [6.07, 6.45) is 0. The number of hydrogen-bond donors (Lipinski definition) is 1. The van der Waals surface area contributed by atoms with Gasteiger partial charge in [0.05, 0.1) is 0 Å². The van der Waals surface area contributed by atoms with E-state index in [1.54, 1.807) is 6.92 Å². The minimum atomic E-state index is -1.02. The second-order valence-electron chi connectivity index (χ2n) is 2.87. The molecule has 2 heterocycles. The molecule has 0 radical (unpaired) electrons. The standard InChI is InChI=1S/C7H6ClN5O2/c1-3-9-6(8)5-7(10-3)13(12-11-5)2-4(14)15/h2H2,1H3,(H,14,15). The topological polar surface area (TPSA) is 93.8 Å². The van der Waals surface area contributed by atoms with Crippen LogP contribution in [0.25, 0.3) is 11.2 Å². The number of carboxylic acid groups (broad SMARTS) is 1. The van der Waals surface area contributed by atoms with Crippen LogP contribution < -0.4 is 0 Å². The number of carboxylic acids is 1. The van der Waals surface area contributed by atoms with Crippen molar-refractivity contribution in [3.05, 3.63) is 11.0 Å². The molecule has 2 rings (SSSR count). The van der Waals surface area contributed by atoms with Gasteiger partial charge >= 0.3 is 5.97 Å². The van der Waals surface area contributed by atoms with E-state index in [4.69, 9.17) is 16.7 Å². The Hall–Kier alpha value is -1.76. The molecule has 0 fully saturated rings. The molecule has 0 aliphatic heterocycles. The Morgan fingerprint density at radius 3 is 2.93 bits per heavy atom. The fourth-order valence-electron chi connectivity index (χ4n) is 1.16. The fraction of sp³-hybridized carbons (Fsp3) is 0.286. The SMILES string of the molecule is Cc1nc(Cl)c2nnn(CC(=O)O)c2n1. The van der Waals surface area contributed by atoms with Gasteiger partial charge in [0.2, 0.25) is 0 Å². The number of aliphatic carboxylic acids is 1. The molecule has 0 spiro atoms. The summed E-state index contributed by atoms with van der Waals surface area (Å²) in [7, 11) is 0. The summed E-state index contributed by atoms with van der Waals surface area (Å²) in [5.41, 5.74) is 0.637. The molecule has 8 heteroatoms. The molecule has 0 unspecified atom stereocenters. The Morgan fingerprint density at radius 2 is 2.27 bits per heavy atom. The Balaban J connectivity index is 2.63. The Kier molecular flexibility index (Phi) is 2.24. The van der Waals surface area contributed by atoms with E-state index in [1.165, 1.54) is 0 Å². The van der Waals surface area contributed by atoms with Crippen molar-refractivity contribution >= 4 is 28.7 Å². The van der Waals surface area contributed by atoms with Crippen LogP contribution in [-0.4, -0.2) is 36.0 Å². The Bertz CT molecular complexity index is 537. The molecule has 7 nitrogen and oxygen atoms in total. The van der Waals surface area contributed by atoms with Gasteiger partial charge < -0.3 is 5.11 Å². The maximum absolute atomic E-state index is 10.5. The lowest BCUT2D eigenvalue weighted by Gasteiger charge is -1.97. The van der Waals surface area contributed by atoms with Gasteiger partial charge in [0.1, 0.15) is 12.4 Å². The van der Waals surface area contributed by atoms with Crippen molar-refractivity contribution in [1.82, 2.24) is 25.0 Å². The normalized spacial score (nSPS) is 10.8. The van der Waals surface area contributed by atoms with Crippen molar-refractivity contribution in [2.45, 2.75) is 13.5 Å². The third kappa shape index (κ3) is 1.73. The summed E-state index contributed by atoms with van der Waals surface area (Å²) in [6.45, 7) is 1.35. The predicted octanol–water partition coefficient (Wildman–Crippen LogP) is 0.268. The van der Waals surface area contributed by atoms with Crippen LogP contribution in [0.2, 0.25) is 5.15 Å². The highest BCUT2D eigenvalue weighted by Gasteiger charge is 2.13. The lowest BCUT2D eigenvalue weighted by Crippen LogP contribution is -2.11. The highest BCUT2D eigenvalue weighted by atomic mass is 35.5. The number of fused-ring (bicyclic) bond motifs is 1. The largest absolute Gasteiger partial charge is 0.480 e. The van der Waals surface area contributed by atoms with E-state index in [-0.39, 0.29) is 11.7 Å². The molecule has 0 aliphatic rings. The van der Waals surface area contributed by atoms with Crippen LogP contribution in [0, 0.1) is 6.92 Å². The Labute approximate surface area is 88.7 Å². The first-order chi connectivity index (χ1) is 7.08. The minimum absolute atomic E-state index is 0.175. The first-order valence-electron chi connectivity index (χ1n) is 4.03. The van der Waals surface area contributed by atoms with Gasteiger partial charge in [-0.3, -0.25) is 4.79 Å². The van der Waals surface area contributed by atoms with E-state index in [1.807, 2.05) is 0 Å². The summed E-state index contributed by atoms with van der Waals surface area (Å²) >= 11 is 5.80. The smallest absolute Gasteiger partial charge is 0.325 e. The molecule has 0 saturated carbocycles. The van der Waals surface area contributed by atoms with Gasteiger partial charge in [-0.2, -0.15) is 0 Å². The molecule has 15 heavy (non-hydrogen) atoms. The molecule has 0 atom stereocenters. The second-order valence-corrected chi connectivity index (χ2v) is 3.23. The summed E-state index contributed by atoms with van der Waals surface area (Å²) in [4.78, 5) is 18.4. The zero-order valence-electron chi connectivity index (χ0n) is 7.68. The minimum Gasteiger partial charge on any atom is -0.480 e. The third-order valence-corrected chi connectivity index (χ3v) is 1.98. The van der Waals surface area contributed by atoms with Crippen molar-refractivity contribution < 1.29 is 9.90 Å². The number of halogens is 1. The number of aromatic nitrogens is 5. The van der Waals surface area contributed by atoms with E-state index >= 15 is 0 Å². The van der Waals surface area contributed by atoms with Gasteiger partial charge in [0.25, 0.3) is 0 Å². The average molecular weight is 228 g/mol. The molecule has 0 aromatic carbocycles. The van der Waals surface area contributed by atoms with E-state index in [2.05, 4.69) is 20.3 Å². The lowest BCUT2D eigenvalue weighted by atomic mass is 10.5. The van der Waals surface area contributed by atoms with Crippen molar-refractivity contribution in [2.24, 2.45) is 0 Å². The molecule has 0 aliphatic carbocycles. The van der Waals surface area contributed by atoms with E-state index in [0.717, 1.165) is 4.68 Å². The van der Waals surface area contributed by atoms with Gasteiger partial charge in [-0.25, -0.2) is 14.6 Å². The van der Waals surface area contributed by atoms with Gasteiger partial charge in [-0.1, -0.05) is 16.8 Å². The molecule has 0 bridgehead atoms. The van der Waals surface area contributed by atoms with Gasteiger partial charge in [-0.05, 0) is 6.92 Å². The van der Waals surface area contributed by atoms with Crippen LogP contribution in [-0.2, 0) is 11.3 Å². The van der Waals surface area contributed by atoms with E-state index in [9.17, 15) is 4.79 Å². The fourth-order valence-corrected chi connectivity index (χ4v) is 1.40. The number of hydrogen-bond acceptors (Lipinski definition) is 5. The second kappa shape index (κ2) is 3.43. The molecule has 2 aromatic heterocycles. The maximum Gasteiger partial charge on any atom is 0.325 e. The van der Waals surface area contributed by atoms with Crippen molar-refractivity contribution in [1.29, 1.82) is 0 Å². The van der Waals surface area contributed by atoms with Crippen LogP contribution in [0.15, 0.2) is 0 Å². The molecule has 0 amide bonds. The van der Waals surface area contributed by atoms with Crippen molar-refractivity contribution in [3.8, 4) is 0 Å². The van der Waals surface area contributed by atoms with E-state index < -0.39 is 5.97 Å². The first kappa shape index (κ1) is 9.78. The van der Waals surface area contributed by atoms with Crippen LogP contribution in [0.5, 0.6) is 0 Å². The summed E-state index contributed by atoms with van der Waals surface area (Å²) in [6, 6.07) is 0. The van der Waals surface area contributed by atoms with Crippen LogP contribution in [0.4, 0.5) is 0 Å². The highest BCUT2D eigenvalue weighted by molar-refractivity contribution is 6.33. The average Bonchev–Trinajstić information content (AvgIpc) is 2.48. The number of aryl methyl sites for hydroxylation is 1. The van der Waals surface area contributed by atoms with Gasteiger partial charge in [0, 0.05) is 0 Å². The molecule has 2 aromatic rings. The lowest BCUT2D eigenvalue weighted by molar-refractivity contribution is -0.137. The molecule has 1 N–H and O–H groups in total. The predicted molar refractivity (Wildman–Crippen MR) is 50.5 cm³/mol. The maximum atomic E-state index is 10.5. The first-order valence-corrected chi connectivity index (χ1v) is 4.41. The van der Waals surface area contributed by atoms with Crippen molar-refractivity contribution in [3.63, 3.8) is 0 Å². The summed E-state index contributed by atoms with van der Waals surface area (Å²) in [5, 5.41) is 16.1. The van der Waals surface area contributed by atoms with Crippen LogP contribution in [0.3, 0.4) is 0 Å². The number of rotatable bonds is 2. The zero-order valence-corrected chi connectivity index (χ0v) is 8.43. The van der Waals surface area contributed by atoms with Crippen LogP contribution in [0.1, 0.15) is 5.82 Å². The zero-order chi connectivity index (χ0) is 11.0. The quantitative estimate of drug-likeness (QED) is 0.740. The van der Waals surface area contributed by atoms with Gasteiger partial charge in [0.15, 0.2) is 16.3 Å². The van der Waals surface area contributed by atoms with E-state index in [0.29, 0.717) is 17.0 Å². The molecular formula is C7H6ClN5O2. The molecule has 0 saturated heterocycles. The number of carbonyl (C=O) groups is 1. The molecular weight excluding hydrogens is 222 g/mol. The number of nitrogens with zero attached hydrogens (tertiary/aromatic N) is 5. The Morgan fingerprint density at radius 1 is 1.53 bits per heavy atom. The molecule has 78 valence electrons. The van der Waals surface area contributed by atoms with Crippen molar-refractivity contribution in [2.75, 3.05) is 0 Å². The third-order valence-electron chi connectivity index (χ3n) is 1.72. The van der Waals surface area contributed by atoms with Crippen LogP contribution >= 0.6 is 11.6 Å².